The molecular formula is C17H19NO2. The third kappa shape index (κ3) is 3.93. The van der Waals surface area contributed by atoms with Crippen molar-refractivity contribution in [2.24, 2.45) is 0 Å². The van der Waals surface area contributed by atoms with Gasteiger partial charge in [0.1, 0.15) is 0 Å². The van der Waals surface area contributed by atoms with Crippen LogP contribution in [0, 0.1) is 6.92 Å². The van der Waals surface area contributed by atoms with Gasteiger partial charge >= 0.3 is 0 Å². The average molecular weight is 269 g/mol. The van der Waals surface area contributed by atoms with Crippen LogP contribution in [0.25, 0.3) is 0 Å². The highest BCUT2D eigenvalue weighted by Crippen LogP contribution is 2.17. The second-order valence-electron chi connectivity index (χ2n) is 5.01. The molecule has 0 aliphatic carbocycles. The Labute approximate surface area is 119 Å². The number of aliphatic hydroxyl groups is 1. The van der Waals surface area contributed by atoms with E-state index < -0.39 is 6.10 Å². The van der Waals surface area contributed by atoms with Crippen molar-refractivity contribution >= 4 is 11.6 Å². The van der Waals surface area contributed by atoms with E-state index in [1.54, 1.807) is 13.0 Å². The molecule has 20 heavy (non-hydrogen) atoms. The highest BCUT2D eigenvalue weighted by atomic mass is 16.3. The van der Waals surface area contributed by atoms with Crippen molar-refractivity contribution < 1.29 is 9.90 Å². The van der Waals surface area contributed by atoms with Gasteiger partial charge in [0.25, 0.3) is 0 Å². The van der Waals surface area contributed by atoms with Crippen molar-refractivity contribution in [2.45, 2.75) is 26.4 Å². The van der Waals surface area contributed by atoms with E-state index in [0.29, 0.717) is 12.1 Å². The lowest BCUT2D eigenvalue weighted by Crippen LogP contribution is -2.14. The quantitative estimate of drug-likeness (QED) is 0.895. The van der Waals surface area contributed by atoms with E-state index >= 15 is 0 Å². The van der Waals surface area contributed by atoms with E-state index in [0.717, 1.165) is 11.1 Å². The van der Waals surface area contributed by atoms with Gasteiger partial charge in [-0.25, -0.2) is 0 Å². The Morgan fingerprint density at radius 3 is 2.55 bits per heavy atom. The third-order valence-electron chi connectivity index (χ3n) is 3.14. The smallest absolute Gasteiger partial charge is 0.228 e. The molecule has 0 aromatic heterocycles. The summed E-state index contributed by atoms with van der Waals surface area (Å²) < 4.78 is 0. The van der Waals surface area contributed by atoms with Crippen LogP contribution < -0.4 is 5.32 Å². The Kier molecular flexibility index (Phi) is 4.53. The molecule has 0 aliphatic rings. The van der Waals surface area contributed by atoms with Crippen LogP contribution in [0.5, 0.6) is 0 Å². The molecule has 2 aromatic rings. The van der Waals surface area contributed by atoms with Gasteiger partial charge in [-0.05, 0) is 37.1 Å². The number of nitrogens with one attached hydrogen (secondary N) is 1. The summed E-state index contributed by atoms with van der Waals surface area (Å²) in [5.41, 5.74) is 3.66. The largest absolute Gasteiger partial charge is 0.389 e. The first kappa shape index (κ1) is 14.3. The normalized spacial score (nSPS) is 11.9. The van der Waals surface area contributed by atoms with Gasteiger partial charge in [-0.1, -0.05) is 42.0 Å². The maximum atomic E-state index is 12.0. The van der Waals surface area contributed by atoms with Crippen LogP contribution in [-0.4, -0.2) is 11.0 Å². The molecule has 0 saturated carbocycles. The van der Waals surface area contributed by atoms with Gasteiger partial charge < -0.3 is 10.4 Å². The summed E-state index contributed by atoms with van der Waals surface area (Å²) in [4.78, 5) is 12.0. The fourth-order valence-electron chi connectivity index (χ4n) is 1.97. The first-order chi connectivity index (χ1) is 9.54. The van der Waals surface area contributed by atoms with Gasteiger partial charge in [0.05, 0.1) is 12.5 Å². The lowest BCUT2D eigenvalue weighted by atomic mass is 10.1. The molecule has 104 valence electrons. The predicted octanol–water partition coefficient (Wildman–Crippen LogP) is 3.23. The second-order valence-corrected chi connectivity index (χ2v) is 5.01. The minimum Gasteiger partial charge on any atom is -0.389 e. The summed E-state index contributed by atoms with van der Waals surface area (Å²) in [6.07, 6.45) is -0.192. The van der Waals surface area contributed by atoms with Gasteiger partial charge in [-0.2, -0.15) is 0 Å². The zero-order valence-corrected chi connectivity index (χ0v) is 11.8. The Hall–Kier alpha value is -2.13. The van der Waals surface area contributed by atoms with Crippen LogP contribution in [0.1, 0.15) is 29.7 Å². The van der Waals surface area contributed by atoms with Crippen LogP contribution >= 0.6 is 0 Å². The molecule has 0 saturated heterocycles. The van der Waals surface area contributed by atoms with Crippen molar-refractivity contribution in [1.82, 2.24) is 0 Å². The lowest BCUT2D eigenvalue weighted by molar-refractivity contribution is -0.115. The molecule has 0 spiro atoms. The molecule has 0 bridgehead atoms. The Morgan fingerprint density at radius 1 is 1.20 bits per heavy atom. The second kappa shape index (κ2) is 6.35. The maximum absolute atomic E-state index is 12.0. The average Bonchev–Trinajstić information content (AvgIpc) is 2.41. The first-order valence-electron chi connectivity index (χ1n) is 6.68. The molecule has 2 aromatic carbocycles. The van der Waals surface area contributed by atoms with Gasteiger partial charge in [-0.3, -0.25) is 4.79 Å². The minimum absolute atomic E-state index is 0.0587. The molecule has 3 nitrogen and oxygen atoms in total. The number of benzene rings is 2. The van der Waals surface area contributed by atoms with Gasteiger partial charge in [0, 0.05) is 5.69 Å². The van der Waals surface area contributed by atoms with E-state index in [9.17, 15) is 9.90 Å². The van der Waals surface area contributed by atoms with Crippen LogP contribution in [0.15, 0.2) is 48.5 Å². The summed E-state index contributed by atoms with van der Waals surface area (Å²) in [6, 6.07) is 15.2. The third-order valence-corrected chi connectivity index (χ3v) is 3.14. The molecule has 2 N–H and O–H groups in total. The van der Waals surface area contributed by atoms with Crippen molar-refractivity contribution in [3.05, 3.63) is 65.2 Å². The Bertz CT molecular complexity index is 588. The highest BCUT2D eigenvalue weighted by molar-refractivity contribution is 5.92. The molecule has 2 rings (SSSR count). The van der Waals surface area contributed by atoms with Crippen molar-refractivity contribution in [3.8, 4) is 0 Å². The summed E-state index contributed by atoms with van der Waals surface area (Å²) in [5.74, 6) is -0.0587. The molecule has 0 heterocycles. The summed E-state index contributed by atoms with van der Waals surface area (Å²) in [5, 5.41) is 12.4. The summed E-state index contributed by atoms with van der Waals surface area (Å²) >= 11 is 0. The number of aliphatic hydroxyl groups excluding tert-OH is 1. The fraction of sp³-hybridized carbons (Fsp3) is 0.235. The number of amides is 1. The van der Waals surface area contributed by atoms with Crippen LogP contribution in [0.3, 0.4) is 0 Å². The zero-order valence-electron chi connectivity index (χ0n) is 11.8. The molecule has 0 radical (unpaired) electrons. The maximum Gasteiger partial charge on any atom is 0.228 e. The summed E-state index contributed by atoms with van der Waals surface area (Å²) in [7, 11) is 0. The van der Waals surface area contributed by atoms with Crippen LogP contribution in [0.4, 0.5) is 5.69 Å². The molecular weight excluding hydrogens is 250 g/mol. The number of rotatable bonds is 4. The number of carbonyl (C=O) groups is 1. The van der Waals surface area contributed by atoms with Crippen molar-refractivity contribution in [1.29, 1.82) is 0 Å². The molecule has 0 unspecified atom stereocenters. The van der Waals surface area contributed by atoms with Crippen molar-refractivity contribution in [3.63, 3.8) is 0 Å². The number of aryl methyl sites for hydroxylation is 1. The van der Waals surface area contributed by atoms with E-state index in [1.807, 2.05) is 49.4 Å². The fourth-order valence-corrected chi connectivity index (χ4v) is 1.97. The monoisotopic (exact) mass is 269 g/mol. The topological polar surface area (TPSA) is 49.3 Å². The number of hydrogen-bond donors (Lipinski definition) is 2. The molecule has 1 amide bonds. The molecule has 0 fully saturated rings. The van der Waals surface area contributed by atoms with E-state index in [2.05, 4.69) is 5.32 Å². The zero-order chi connectivity index (χ0) is 14.5. The van der Waals surface area contributed by atoms with Crippen LogP contribution in [0.2, 0.25) is 0 Å². The Morgan fingerprint density at radius 2 is 1.90 bits per heavy atom. The molecule has 3 heteroatoms. The van der Waals surface area contributed by atoms with E-state index in [-0.39, 0.29) is 5.91 Å². The molecule has 1 atom stereocenters. The van der Waals surface area contributed by atoms with Crippen molar-refractivity contribution in [2.75, 3.05) is 5.32 Å². The van der Waals surface area contributed by atoms with E-state index in [1.165, 1.54) is 5.56 Å². The Balaban J connectivity index is 2.01. The van der Waals surface area contributed by atoms with Crippen LogP contribution in [-0.2, 0) is 11.2 Å². The predicted molar refractivity (Wildman–Crippen MR) is 80.6 cm³/mol. The number of hydrogen-bond acceptors (Lipinski definition) is 2. The first-order valence-corrected chi connectivity index (χ1v) is 6.68. The van der Waals surface area contributed by atoms with Gasteiger partial charge in [-0.15, -0.1) is 0 Å². The van der Waals surface area contributed by atoms with E-state index in [4.69, 9.17) is 0 Å². The number of carbonyl (C=O) groups excluding carboxylic acids is 1. The summed E-state index contributed by atoms with van der Waals surface area (Å²) in [6.45, 7) is 3.72. The standard InChI is InChI=1S/C17H19NO2/c1-12-6-8-14(9-7-12)10-17(20)18-16-5-3-4-15(11-16)13(2)19/h3-9,11,13,19H,10H2,1-2H3,(H,18,20)/t13-/m0/s1. The van der Waals surface area contributed by atoms with Gasteiger partial charge in [0.15, 0.2) is 0 Å². The number of anilines is 1. The highest BCUT2D eigenvalue weighted by Gasteiger charge is 2.06. The minimum atomic E-state index is -0.538. The lowest BCUT2D eigenvalue weighted by Gasteiger charge is -2.09. The SMILES string of the molecule is Cc1ccc(CC(=O)Nc2cccc([C@H](C)O)c2)cc1. The van der Waals surface area contributed by atoms with Gasteiger partial charge in [0.2, 0.25) is 5.91 Å². The molecule has 0 aliphatic heterocycles.